The van der Waals surface area contributed by atoms with Gasteiger partial charge in [-0.3, -0.25) is 10.1 Å². The van der Waals surface area contributed by atoms with E-state index in [0.717, 1.165) is 18.4 Å². The van der Waals surface area contributed by atoms with E-state index in [1.54, 1.807) is 19.1 Å². The molecule has 2 N–H and O–H groups in total. The largest absolute Gasteiger partial charge is 0.392 e. The van der Waals surface area contributed by atoms with Crippen molar-refractivity contribution in [3.8, 4) is 0 Å². The molecule has 100 valence electrons. The molecule has 18 heavy (non-hydrogen) atoms. The van der Waals surface area contributed by atoms with Gasteiger partial charge in [0, 0.05) is 24.7 Å². The zero-order valence-corrected chi connectivity index (χ0v) is 10.8. The molecule has 0 radical (unpaired) electrons. The van der Waals surface area contributed by atoms with Crippen LogP contribution < -0.4 is 5.32 Å². The SMILES string of the molecule is CCCC(O)CNCc1ccc(C)c([N+](=O)[O-])c1. The number of aryl methyl sites for hydroxylation is 1. The van der Waals surface area contributed by atoms with E-state index in [1.807, 2.05) is 13.0 Å². The predicted molar refractivity (Wildman–Crippen MR) is 70.5 cm³/mol. The molecule has 1 atom stereocenters. The molecule has 5 heteroatoms. The molecule has 0 aliphatic carbocycles. The number of nitro benzene ring substituents is 1. The zero-order chi connectivity index (χ0) is 13.5. The summed E-state index contributed by atoms with van der Waals surface area (Å²) in [6.45, 7) is 4.78. The van der Waals surface area contributed by atoms with Crippen LogP contribution in [0.15, 0.2) is 18.2 Å². The van der Waals surface area contributed by atoms with Gasteiger partial charge >= 0.3 is 0 Å². The molecule has 0 aromatic heterocycles. The second kappa shape index (κ2) is 7.08. The van der Waals surface area contributed by atoms with E-state index in [4.69, 9.17) is 0 Å². The number of nitro groups is 1. The van der Waals surface area contributed by atoms with Gasteiger partial charge in [0.05, 0.1) is 11.0 Å². The monoisotopic (exact) mass is 252 g/mol. The van der Waals surface area contributed by atoms with Crippen LogP contribution in [0, 0.1) is 17.0 Å². The van der Waals surface area contributed by atoms with Crippen LogP contribution in [-0.2, 0) is 6.54 Å². The van der Waals surface area contributed by atoms with Crippen molar-refractivity contribution in [2.45, 2.75) is 39.3 Å². The molecule has 0 fully saturated rings. The maximum absolute atomic E-state index is 10.8. The highest BCUT2D eigenvalue weighted by Crippen LogP contribution is 2.19. The summed E-state index contributed by atoms with van der Waals surface area (Å²) in [6.07, 6.45) is 1.36. The summed E-state index contributed by atoms with van der Waals surface area (Å²) in [6, 6.07) is 5.19. The van der Waals surface area contributed by atoms with Crippen molar-refractivity contribution >= 4 is 5.69 Å². The molecule has 0 saturated carbocycles. The van der Waals surface area contributed by atoms with Crippen molar-refractivity contribution in [3.05, 3.63) is 39.4 Å². The second-order valence-corrected chi connectivity index (χ2v) is 4.45. The van der Waals surface area contributed by atoms with Crippen molar-refractivity contribution in [1.82, 2.24) is 5.32 Å². The average molecular weight is 252 g/mol. The van der Waals surface area contributed by atoms with Crippen LogP contribution in [0.5, 0.6) is 0 Å². The lowest BCUT2D eigenvalue weighted by molar-refractivity contribution is -0.385. The van der Waals surface area contributed by atoms with Crippen molar-refractivity contribution in [2.75, 3.05) is 6.54 Å². The van der Waals surface area contributed by atoms with Crippen LogP contribution >= 0.6 is 0 Å². The lowest BCUT2D eigenvalue weighted by Gasteiger charge is -2.10. The zero-order valence-electron chi connectivity index (χ0n) is 10.8. The van der Waals surface area contributed by atoms with Gasteiger partial charge in [-0.15, -0.1) is 0 Å². The number of nitrogens with one attached hydrogen (secondary N) is 1. The highest BCUT2D eigenvalue weighted by Gasteiger charge is 2.10. The third kappa shape index (κ3) is 4.43. The number of aliphatic hydroxyl groups is 1. The Kier molecular flexibility index (Phi) is 5.74. The lowest BCUT2D eigenvalue weighted by Crippen LogP contribution is -2.26. The minimum absolute atomic E-state index is 0.142. The Bertz CT molecular complexity index is 407. The first-order valence-corrected chi connectivity index (χ1v) is 6.17. The maximum Gasteiger partial charge on any atom is 0.272 e. The summed E-state index contributed by atoms with van der Waals surface area (Å²) < 4.78 is 0. The third-order valence-electron chi connectivity index (χ3n) is 2.80. The number of benzene rings is 1. The molecule has 0 amide bonds. The predicted octanol–water partition coefficient (Wildman–Crippen LogP) is 2.15. The van der Waals surface area contributed by atoms with Gasteiger partial charge in [-0.05, 0) is 18.9 Å². The number of aliphatic hydroxyl groups excluding tert-OH is 1. The molecule has 1 aromatic rings. The lowest BCUT2D eigenvalue weighted by atomic mass is 10.1. The van der Waals surface area contributed by atoms with E-state index in [1.165, 1.54) is 0 Å². The van der Waals surface area contributed by atoms with Crippen LogP contribution in [0.4, 0.5) is 5.69 Å². The number of nitrogens with zero attached hydrogens (tertiary/aromatic N) is 1. The van der Waals surface area contributed by atoms with Crippen LogP contribution in [-0.4, -0.2) is 22.7 Å². The number of rotatable bonds is 7. The standard InChI is InChI=1S/C13H20N2O3/c1-3-4-12(16)9-14-8-11-6-5-10(2)13(7-11)15(17)18/h5-7,12,14,16H,3-4,8-9H2,1-2H3. The van der Waals surface area contributed by atoms with Gasteiger partial charge in [0.1, 0.15) is 0 Å². The van der Waals surface area contributed by atoms with Crippen molar-refractivity contribution in [1.29, 1.82) is 0 Å². The van der Waals surface area contributed by atoms with Crippen LogP contribution in [0.1, 0.15) is 30.9 Å². The van der Waals surface area contributed by atoms with Crippen molar-refractivity contribution < 1.29 is 10.0 Å². The van der Waals surface area contributed by atoms with Crippen LogP contribution in [0.25, 0.3) is 0 Å². The van der Waals surface area contributed by atoms with E-state index in [0.29, 0.717) is 18.7 Å². The minimum atomic E-state index is -0.370. The molecule has 0 heterocycles. The quantitative estimate of drug-likeness (QED) is 0.576. The molecule has 1 aromatic carbocycles. The Morgan fingerprint density at radius 3 is 2.83 bits per heavy atom. The Morgan fingerprint density at radius 2 is 2.22 bits per heavy atom. The highest BCUT2D eigenvalue weighted by atomic mass is 16.6. The van der Waals surface area contributed by atoms with Crippen molar-refractivity contribution in [3.63, 3.8) is 0 Å². The Balaban J connectivity index is 2.53. The summed E-state index contributed by atoms with van der Waals surface area (Å²) in [5, 5.41) is 23.4. The van der Waals surface area contributed by atoms with Gasteiger partial charge in [-0.1, -0.05) is 25.5 Å². The van der Waals surface area contributed by atoms with Gasteiger partial charge < -0.3 is 10.4 Å². The molecular weight excluding hydrogens is 232 g/mol. The Hall–Kier alpha value is -1.46. The highest BCUT2D eigenvalue weighted by molar-refractivity contribution is 5.42. The van der Waals surface area contributed by atoms with Gasteiger partial charge in [0.2, 0.25) is 0 Å². The Morgan fingerprint density at radius 1 is 1.50 bits per heavy atom. The number of hydrogen-bond donors (Lipinski definition) is 2. The molecule has 5 nitrogen and oxygen atoms in total. The van der Waals surface area contributed by atoms with Gasteiger partial charge in [0.25, 0.3) is 5.69 Å². The van der Waals surface area contributed by atoms with Crippen molar-refractivity contribution in [2.24, 2.45) is 0 Å². The maximum atomic E-state index is 10.8. The van der Waals surface area contributed by atoms with E-state index < -0.39 is 0 Å². The van der Waals surface area contributed by atoms with E-state index in [2.05, 4.69) is 5.32 Å². The van der Waals surface area contributed by atoms with Gasteiger partial charge in [-0.2, -0.15) is 0 Å². The summed E-state index contributed by atoms with van der Waals surface area (Å²) >= 11 is 0. The second-order valence-electron chi connectivity index (χ2n) is 4.45. The molecule has 1 unspecified atom stereocenters. The smallest absolute Gasteiger partial charge is 0.272 e. The topological polar surface area (TPSA) is 75.4 Å². The van der Waals surface area contributed by atoms with E-state index in [-0.39, 0.29) is 16.7 Å². The molecular formula is C13H20N2O3. The first kappa shape index (κ1) is 14.6. The molecule has 0 aliphatic heterocycles. The molecule has 0 spiro atoms. The minimum Gasteiger partial charge on any atom is -0.392 e. The number of hydrogen-bond acceptors (Lipinski definition) is 4. The van der Waals surface area contributed by atoms with Gasteiger partial charge in [-0.25, -0.2) is 0 Å². The first-order valence-electron chi connectivity index (χ1n) is 6.17. The van der Waals surface area contributed by atoms with Crippen LogP contribution in [0.3, 0.4) is 0 Å². The fourth-order valence-electron chi connectivity index (χ4n) is 1.78. The van der Waals surface area contributed by atoms with Crippen LogP contribution in [0.2, 0.25) is 0 Å². The fourth-order valence-corrected chi connectivity index (χ4v) is 1.78. The summed E-state index contributed by atoms with van der Waals surface area (Å²) in [7, 11) is 0. The fraction of sp³-hybridized carbons (Fsp3) is 0.538. The van der Waals surface area contributed by atoms with E-state index in [9.17, 15) is 15.2 Å². The third-order valence-corrected chi connectivity index (χ3v) is 2.80. The normalized spacial score (nSPS) is 12.4. The van der Waals surface area contributed by atoms with Gasteiger partial charge in [0.15, 0.2) is 0 Å². The summed E-state index contributed by atoms with van der Waals surface area (Å²) in [5.41, 5.74) is 1.66. The molecule has 1 rings (SSSR count). The molecule has 0 saturated heterocycles. The Labute approximate surface area is 107 Å². The summed E-state index contributed by atoms with van der Waals surface area (Å²) in [5.74, 6) is 0. The van der Waals surface area contributed by atoms with E-state index >= 15 is 0 Å². The summed E-state index contributed by atoms with van der Waals surface area (Å²) in [4.78, 5) is 10.4. The first-order chi connectivity index (χ1) is 8.54. The average Bonchev–Trinajstić information content (AvgIpc) is 2.31. The molecule has 0 bridgehead atoms. The molecule has 0 aliphatic rings.